The number of rotatable bonds is 15. The first kappa shape index (κ1) is 28.2. The van der Waals surface area contributed by atoms with Crippen LogP contribution in [0.4, 0.5) is 0 Å². The first-order chi connectivity index (χ1) is 16.6. The summed E-state index contributed by atoms with van der Waals surface area (Å²) < 4.78 is 31.8. The number of fused-ring (bicyclic) bond motifs is 1. The maximum absolute atomic E-state index is 6.73. The van der Waals surface area contributed by atoms with Gasteiger partial charge in [0.15, 0.2) is 0 Å². The van der Waals surface area contributed by atoms with E-state index in [0.717, 1.165) is 92.0 Å². The van der Waals surface area contributed by atoms with Gasteiger partial charge in [-0.2, -0.15) is 0 Å². The van der Waals surface area contributed by atoms with E-state index in [9.17, 15) is 0 Å². The van der Waals surface area contributed by atoms with Crippen molar-refractivity contribution in [2.24, 2.45) is 0 Å². The van der Waals surface area contributed by atoms with Gasteiger partial charge in [0.25, 0.3) is 0 Å². The topological polar surface area (TPSA) is 46.2 Å². The van der Waals surface area contributed by atoms with Crippen LogP contribution in [-0.4, -0.2) is 51.3 Å². The molecule has 1 fully saturated rings. The third-order valence-electron chi connectivity index (χ3n) is 6.54. The lowest BCUT2D eigenvalue weighted by atomic mass is 9.90. The van der Waals surface area contributed by atoms with Gasteiger partial charge >= 0.3 is 0 Å². The van der Waals surface area contributed by atoms with Crippen molar-refractivity contribution in [2.45, 2.75) is 102 Å². The zero-order chi connectivity index (χ0) is 24.3. The highest BCUT2D eigenvalue weighted by Crippen LogP contribution is 2.46. The summed E-state index contributed by atoms with van der Waals surface area (Å²) in [4.78, 5) is 0. The minimum atomic E-state index is -0.293. The van der Waals surface area contributed by atoms with E-state index in [2.05, 4.69) is 42.8 Å². The van der Waals surface area contributed by atoms with Crippen LogP contribution in [0.2, 0.25) is 5.02 Å². The highest BCUT2D eigenvalue weighted by Gasteiger charge is 2.43. The number of ether oxygens (including phenoxy) is 5. The molecule has 0 N–H and O–H groups in total. The van der Waals surface area contributed by atoms with Crippen molar-refractivity contribution in [1.29, 1.82) is 0 Å². The fourth-order valence-electron chi connectivity index (χ4n) is 4.59. The van der Waals surface area contributed by atoms with Gasteiger partial charge in [0.1, 0.15) is 18.0 Å². The van der Waals surface area contributed by atoms with Crippen LogP contribution in [0.3, 0.4) is 0 Å². The summed E-state index contributed by atoms with van der Waals surface area (Å²) in [6.07, 6.45) is 7.39. The maximum atomic E-state index is 6.73. The average Bonchev–Trinajstić information content (AvgIpc) is 3.34. The van der Waals surface area contributed by atoms with Crippen LogP contribution < -0.4 is 4.74 Å². The summed E-state index contributed by atoms with van der Waals surface area (Å²) in [7, 11) is 0. The van der Waals surface area contributed by atoms with E-state index in [1.165, 1.54) is 0 Å². The molecule has 7 heteroatoms. The molecule has 0 spiro atoms. The van der Waals surface area contributed by atoms with Crippen LogP contribution in [0.5, 0.6) is 5.75 Å². The molecule has 0 radical (unpaired) electrons. The molecule has 0 amide bonds. The first-order valence-electron chi connectivity index (χ1n) is 13.1. The smallest absolute Gasteiger partial charge is 0.130 e. The fraction of sp³-hybridized carbons (Fsp3) is 0.778. The minimum absolute atomic E-state index is 0.0536. The normalized spacial score (nSPS) is 24.3. The molecular weight excluding hydrogens is 520 g/mol. The molecule has 2 heterocycles. The lowest BCUT2D eigenvalue weighted by Gasteiger charge is -2.42. The van der Waals surface area contributed by atoms with Crippen molar-refractivity contribution in [3.05, 3.63) is 27.8 Å². The summed E-state index contributed by atoms with van der Waals surface area (Å²) in [6, 6.07) is 2.13. The third-order valence-corrected chi connectivity index (χ3v) is 7.62. The Bertz CT molecular complexity index is 746. The van der Waals surface area contributed by atoms with E-state index in [1.54, 1.807) is 0 Å². The third kappa shape index (κ3) is 7.33. The molecule has 1 aromatic carbocycles. The van der Waals surface area contributed by atoms with E-state index in [1.807, 2.05) is 0 Å². The van der Waals surface area contributed by atoms with Gasteiger partial charge < -0.3 is 23.7 Å². The van der Waals surface area contributed by atoms with Gasteiger partial charge in [-0.25, -0.2) is 0 Å². The Morgan fingerprint density at radius 2 is 1.74 bits per heavy atom. The van der Waals surface area contributed by atoms with Crippen LogP contribution in [0.1, 0.15) is 88.5 Å². The lowest BCUT2D eigenvalue weighted by molar-refractivity contribution is -0.213. The quantitative estimate of drug-likeness (QED) is 0.168. The molecule has 0 bridgehead atoms. The zero-order valence-electron chi connectivity index (χ0n) is 21.1. The average molecular weight is 562 g/mol. The van der Waals surface area contributed by atoms with E-state index in [0.29, 0.717) is 25.2 Å². The van der Waals surface area contributed by atoms with Crippen molar-refractivity contribution in [3.8, 4) is 5.75 Å². The van der Waals surface area contributed by atoms with Gasteiger partial charge in [0.05, 0.1) is 30.4 Å². The Morgan fingerprint density at radius 3 is 2.44 bits per heavy atom. The van der Waals surface area contributed by atoms with Crippen LogP contribution in [0, 0.1) is 0 Å². The fourth-order valence-corrected chi connectivity index (χ4v) is 5.49. The number of benzene rings is 1. The molecule has 194 valence electrons. The van der Waals surface area contributed by atoms with Crippen molar-refractivity contribution >= 4 is 27.5 Å². The van der Waals surface area contributed by atoms with Crippen LogP contribution in [-0.2, 0) is 30.7 Å². The predicted octanol–water partition coefficient (Wildman–Crippen LogP) is 7.19. The second kappa shape index (κ2) is 15.0. The molecule has 0 saturated carbocycles. The molecule has 0 aromatic heterocycles. The maximum Gasteiger partial charge on any atom is 0.130 e. The predicted molar refractivity (Wildman–Crippen MR) is 141 cm³/mol. The van der Waals surface area contributed by atoms with E-state index >= 15 is 0 Å². The van der Waals surface area contributed by atoms with E-state index in [-0.39, 0.29) is 24.4 Å². The molecule has 3 rings (SSSR count). The van der Waals surface area contributed by atoms with Gasteiger partial charge in [0, 0.05) is 49.1 Å². The van der Waals surface area contributed by atoms with Gasteiger partial charge in [-0.1, -0.05) is 67.6 Å². The molecule has 1 aromatic rings. The second-order valence-electron chi connectivity index (χ2n) is 9.27. The standard InChI is InChI=1S/C27H42BrClO5/c1-4-7-11-30-18-20-16-23(31-12-8-5-2)27(32-13-9-6-3)26(34-20)22-15-19(17-28)24(29)21-10-14-33-25(21)22/h15,20,23,26-27H,4-14,16-18H2,1-3H3/t20-,23-,26?,27+/m0/s1. The largest absolute Gasteiger partial charge is 0.493 e. The van der Waals surface area contributed by atoms with Gasteiger partial charge in [-0.3, -0.25) is 0 Å². The minimum Gasteiger partial charge on any atom is -0.493 e. The Labute approximate surface area is 219 Å². The van der Waals surface area contributed by atoms with Crippen LogP contribution in [0.15, 0.2) is 6.07 Å². The summed E-state index contributed by atoms with van der Waals surface area (Å²) in [5.74, 6) is 0.864. The second-order valence-corrected chi connectivity index (χ2v) is 10.2. The van der Waals surface area contributed by atoms with E-state index in [4.69, 9.17) is 35.3 Å². The molecule has 2 aliphatic heterocycles. The summed E-state index contributed by atoms with van der Waals surface area (Å²) in [5.41, 5.74) is 3.16. The number of hydrogen-bond donors (Lipinski definition) is 0. The molecule has 34 heavy (non-hydrogen) atoms. The summed E-state index contributed by atoms with van der Waals surface area (Å²) in [5, 5.41) is 1.47. The van der Waals surface area contributed by atoms with Crippen molar-refractivity contribution < 1.29 is 23.7 Å². The molecule has 0 aliphatic carbocycles. The number of alkyl halides is 1. The Balaban J connectivity index is 1.92. The number of unbranched alkanes of at least 4 members (excludes halogenated alkanes) is 3. The molecular formula is C27H42BrClO5. The van der Waals surface area contributed by atoms with Gasteiger partial charge in [0.2, 0.25) is 0 Å². The highest BCUT2D eigenvalue weighted by atomic mass is 79.9. The van der Waals surface area contributed by atoms with Crippen molar-refractivity contribution in [1.82, 2.24) is 0 Å². The monoisotopic (exact) mass is 560 g/mol. The molecule has 4 atom stereocenters. The Morgan fingerprint density at radius 1 is 1.03 bits per heavy atom. The molecule has 1 saturated heterocycles. The highest BCUT2D eigenvalue weighted by molar-refractivity contribution is 9.08. The first-order valence-corrected chi connectivity index (χ1v) is 14.6. The van der Waals surface area contributed by atoms with Crippen LogP contribution >= 0.6 is 27.5 Å². The Kier molecular flexibility index (Phi) is 12.5. The van der Waals surface area contributed by atoms with Crippen molar-refractivity contribution in [2.75, 3.05) is 33.0 Å². The molecule has 1 unspecified atom stereocenters. The summed E-state index contributed by atoms with van der Waals surface area (Å²) >= 11 is 10.3. The molecule has 2 aliphatic rings. The summed E-state index contributed by atoms with van der Waals surface area (Å²) in [6.45, 7) is 9.92. The van der Waals surface area contributed by atoms with Crippen molar-refractivity contribution in [3.63, 3.8) is 0 Å². The van der Waals surface area contributed by atoms with Gasteiger partial charge in [-0.05, 0) is 30.9 Å². The SMILES string of the molecule is CCCCOC[C@@H]1C[C@H](OCCCC)[C@@H](OCCCC)C(c2cc(CBr)c(Cl)c3c2OCC3)O1. The van der Waals surface area contributed by atoms with Crippen LogP contribution in [0.25, 0.3) is 0 Å². The van der Waals surface area contributed by atoms with Gasteiger partial charge in [-0.15, -0.1) is 0 Å². The zero-order valence-corrected chi connectivity index (χ0v) is 23.4. The number of halogens is 2. The Hall–Kier alpha value is -0.370. The number of hydrogen-bond acceptors (Lipinski definition) is 5. The lowest BCUT2D eigenvalue weighted by Crippen LogP contribution is -2.48. The molecule has 5 nitrogen and oxygen atoms in total. The van der Waals surface area contributed by atoms with E-state index < -0.39 is 0 Å².